The van der Waals surface area contributed by atoms with Crippen molar-refractivity contribution in [3.63, 3.8) is 0 Å². The third-order valence-electron chi connectivity index (χ3n) is 6.19. The van der Waals surface area contributed by atoms with E-state index in [0.717, 1.165) is 37.0 Å². The first kappa shape index (κ1) is 16.7. The minimum absolute atomic E-state index is 0.0348. The van der Waals surface area contributed by atoms with Crippen LogP contribution < -0.4 is 10.6 Å². The molecule has 4 bridgehead atoms. The standard InChI is InChI=1S/C18H26N2O5/c21-15(25-14-2-4-24-16(14)22)1-3-19-17(23)20-18-8-11-5-12(9-18)7-13(6-11)10-18/h11-14H,1-10H2,(H2,19,20,23)/t11?,12?,13?,14-,18?/m1/s1. The lowest BCUT2D eigenvalue weighted by Gasteiger charge is -2.56. The van der Waals surface area contributed by atoms with Crippen LogP contribution in [0.3, 0.4) is 0 Å². The zero-order valence-electron chi connectivity index (χ0n) is 14.4. The molecule has 0 aromatic heterocycles. The fraction of sp³-hybridized carbons (Fsp3) is 0.833. The van der Waals surface area contributed by atoms with Crippen molar-refractivity contribution in [1.82, 2.24) is 10.6 Å². The van der Waals surface area contributed by atoms with Gasteiger partial charge in [-0.2, -0.15) is 0 Å². The van der Waals surface area contributed by atoms with Gasteiger partial charge in [0.05, 0.1) is 13.0 Å². The molecule has 0 spiro atoms. The summed E-state index contributed by atoms with van der Waals surface area (Å²) in [5.41, 5.74) is -0.0348. The van der Waals surface area contributed by atoms with Gasteiger partial charge in [0.25, 0.3) is 0 Å². The maximum absolute atomic E-state index is 12.3. The SMILES string of the molecule is O=C(NCCC(=O)O[C@@H]1CCOC1=O)NC12CC3CC(CC(C3)C1)C2. The molecule has 2 amide bonds. The average Bonchev–Trinajstić information content (AvgIpc) is 2.90. The lowest BCUT2D eigenvalue weighted by atomic mass is 9.53. The van der Waals surface area contributed by atoms with Gasteiger partial charge in [-0.05, 0) is 56.3 Å². The highest BCUT2D eigenvalue weighted by atomic mass is 16.6. The van der Waals surface area contributed by atoms with E-state index in [2.05, 4.69) is 10.6 Å². The predicted molar refractivity (Wildman–Crippen MR) is 87.5 cm³/mol. The quantitative estimate of drug-likeness (QED) is 0.733. The van der Waals surface area contributed by atoms with Crippen molar-refractivity contribution in [3.8, 4) is 0 Å². The smallest absolute Gasteiger partial charge is 0.347 e. The Morgan fingerprint density at radius 1 is 1.12 bits per heavy atom. The van der Waals surface area contributed by atoms with Crippen LogP contribution in [0.1, 0.15) is 51.4 Å². The maximum Gasteiger partial charge on any atom is 0.347 e. The highest BCUT2D eigenvalue weighted by Crippen LogP contribution is 2.55. The Balaban J connectivity index is 1.19. The number of cyclic esters (lactones) is 1. The zero-order chi connectivity index (χ0) is 17.4. The number of rotatable bonds is 5. The summed E-state index contributed by atoms with van der Waals surface area (Å²) in [6.45, 7) is 0.501. The van der Waals surface area contributed by atoms with Crippen LogP contribution in [-0.2, 0) is 19.1 Å². The average molecular weight is 350 g/mol. The summed E-state index contributed by atoms with van der Waals surface area (Å²) in [6.07, 6.45) is 6.96. The molecule has 138 valence electrons. The summed E-state index contributed by atoms with van der Waals surface area (Å²) in [7, 11) is 0. The van der Waals surface area contributed by atoms with Crippen LogP contribution in [0.25, 0.3) is 0 Å². The van der Waals surface area contributed by atoms with Gasteiger partial charge in [0.1, 0.15) is 0 Å². The Morgan fingerprint density at radius 2 is 1.76 bits per heavy atom. The molecule has 1 atom stereocenters. The van der Waals surface area contributed by atoms with Gasteiger partial charge in [0, 0.05) is 18.5 Å². The van der Waals surface area contributed by atoms with Gasteiger partial charge in [-0.25, -0.2) is 9.59 Å². The van der Waals surface area contributed by atoms with E-state index in [-0.39, 0.29) is 24.5 Å². The first-order chi connectivity index (χ1) is 12.0. The molecular formula is C18H26N2O5. The molecule has 5 aliphatic rings. The van der Waals surface area contributed by atoms with E-state index in [9.17, 15) is 14.4 Å². The molecule has 4 aliphatic carbocycles. The summed E-state index contributed by atoms with van der Waals surface area (Å²) in [6, 6.07) is -0.199. The molecule has 5 fully saturated rings. The Morgan fingerprint density at radius 3 is 2.32 bits per heavy atom. The molecule has 1 saturated heterocycles. The minimum Gasteiger partial charge on any atom is -0.463 e. The second-order valence-electron chi connectivity index (χ2n) is 8.26. The molecule has 7 heteroatoms. The van der Waals surface area contributed by atoms with Crippen LogP contribution in [-0.4, -0.2) is 42.8 Å². The summed E-state index contributed by atoms with van der Waals surface area (Å²) < 4.78 is 9.80. The fourth-order valence-corrected chi connectivity index (χ4v) is 5.63. The highest BCUT2D eigenvalue weighted by molar-refractivity contribution is 5.81. The molecular weight excluding hydrogens is 324 g/mol. The topological polar surface area (TPSA) is 93.7 Å². The summed E-state index contributed by atoms with van der Waals surface area (Å²) in [5.74, 6) is 1.34. The molecule has 2 N–H and O–H groups in total. The normalized spacial score (nSPS) is 38.3. The Labute approximate surface area is 147 Å². The Hall–Kier alpha value is -1.79. The fourth-order valence-electron chi connectivity index (χ4n) is 5.63. The van der Waals surface area contributed by atoms with Gasteiger partial charge < -0.3 is 20.1 Å². The molecule has 0 unspecified atom stereocenters. The van der Waals surface area contributed by atoms with E-state index >= 15 is 0 Å². The molecule has 1 aliphatic heterocycles. The third-order valence-corrected chi connectivity index (χ3v) is 6.19. The molecule has 0 radical (unpaired) electrons. The van der Waals surface area contributed by atoms with Gasteiger partial charge in [-0.3, -0.25) is 4.79 Å². The molecule has 0 aromatic rings. The van der Waals surface area contributed by atoms with Crippen LogP contribution in [0.5, 0.6) is 0 Å². The Kier molecular flexibility index (Phi) is 4.33. The minimum atomic E-state index is -0.784. The van der Waals surface area contributed by atoms with E-state index in [1.165, 1.54) is 19.3 Å². The number of nitrogens with one attached hydrogen (secondary N) is 2. The molecule has 7 nitrogen and oxygen atoms in total. The first-order valence-electron chi connectivity index (χ1n) is 9.43. The lowest BCUT2D eigenvalue weighted by Crippen LogP contribution is -2.61. The second-order valence-corrected chi connectivity index (χ2v) is 8.26. The second kappa shape index (κ2) is 6.50. The number of esters is 2. The van der Waals surface area contributed by atoms with Gasteiger partial charge in [0.15, 0.2) is 0 Å². The Bertz CT molecular complexity index is 541. The molecule has 1 heterocycles. The van der Waals surface area contributed by atoms with E-state index in [1.807, 2.05) is 0 Å². The van der Waals surface area contributed by atoms with Crippen LogP contribution >= 0.6 is 0 Å². The first-order valence-corrected chi connectivity index (χ1v) is 9.43. The van der Waals surface area contributed by atoms with Crippen molar-refractivity contribution in [2.45, 2.75) is 63.0 Å². The number of hydrogen-bond acceptors (Lipinski definition) is 5. The van der Waals surface area contributed by atoms with Crippen LogP contribution in [0.15, 0.2) is 0 Å². The van der Waals surface area contributed by atoms with E-state index in [0.29, 0.717) is 13.0 Å². The van der Waals surface area contributed by atoms with Crippen LogP contribution in [0, 0.1) is 17.8 Å². The van der Waals surface area contributed by atoms with Gasteiger partial charge in [-0.15, -0.1) is 0 Å². The maximum atomic E-state index is 12.3. The van der Waals surface area contributed by atoms with Crippen molar-refractivity contribution in [3.05, 3.63) is 0 Å². The molecule has 0 aromatic carbocycles. The molecule has 5 rings (SSSR count). The van der Waals surface area contributed by atoms with E-state index in [1.54, 1.807) is 0 Å². The lowest BCUT2D eigenvalue weighted by molar-refractivity contribution is -0.160. The number of carbonyl (C=O) groups is 3. The molecule has 4 saturated carbocycles. The van der Waals surface area contributed by atoms with Crippen LogP contribution in [0.4, 0.5) is 4.79 Å². The van der Waals surface area contributed by atoms with Crippen molar-refractivity contribution >= 4 is 18.0 Å². The van der Waals surface area contributed by atoms with Gasteiger partial charge >= 0.3 is 18.0 Å². The monoisotopic (exact) mass is 350 g/mol. The summed E-state index contributed by atoms with van der Waals surface area (Å²) in [5, 5.41) is 5.96. The van der Waals surface area contributed by atoms with Crippen molar-refractivity contribution in [2.75, 3.05) is 13.2 Å². The van der Waals surface area contributed by atoms with Gasteiger partial charge in [0.2, 0.25) is 6.10 Å². The number of ether oxygens (including phenoxy) is 2. The number of carbonyl (C=O) groups excluding carboxylic acids is 3. The predicted octanol–water partition coefficient (Wildman–Crippen LogP) is 1.50. The third kappa shape index (κ3) is 3.60. The summed E-state index contributed by atoms with van der Waals surface area (Å²) >= 11 is 0. The van der Waals surface area contributed by atoms with E-state index < -0.39 is 18.0 Å². The highest BCUT2D eigenvalue weighted by Gasteiger charge is 2.51. The van der Waals surface area contributed by atoms with Crippen molar-refractivity contribution in [2.24, 2.45) is 17.8 Å². The number of urea groups is 1. The largest absolute Gasteiger partial charge is 0.463 e. The van der Waals surface area contributed by atoms with Crippen molar-refractivity contribution < 1.29 is 23.9 Å². The van der Waals surface area contributed by atoms with E-state index in [4.69, 9.17) is 9.47 Å². The van der Waals surface area contributed by atoms with Gasteiger partial charge in [-0.1, -0.05) is 0 Å². The van der Waals surface area contributed by atoms with Crippen molar-refractivity contribution in [1.29, 1.82) is 0 Å². The van der Waals surface area contributed by atoms with Crippen LogP contribution in [0.2, 0.25) is 0 Å². The summed E-state index contributed by atoms with van der Waals surface area (Å²) in [4.78, 5) is 35.3. The number of hydrogen-bond donors (Lipinski definition) is 2. The zero-order valence-corrected chi connectivity index (χ0v) is 14.4. The molecule has 25 heavy (non-hydrogen) atoms. The number of amides is 2.